The minimum Gasteiger partial charge on any atom is -0.489 e. The first kappa shape index (κ1) is 16.6. The van der Waals surface area contributed by atoms with Crippen LogP contribution in [0.25, 0.3) is 0 Å². The number of nitrogens with one attached hydrogen (secondary N) is 1. The molecule has 0 saturated carbocycles. The van der Waals surface area contributed by atoms with Gasteiger partial charge in [0.1, 0.15) is 11.6 Å². The van der Waals surface area contributed by atoms with Crippen LogP contribution in [0.1, 0.15) is 33.6 Å². The number of para-hydroxylation sites is 2. The molecule has 1 aliphatic rings. The number of anilines is 3. The molecule has 0 radical (unpaired) electrons. The van der Waals surface area contributed by atoms with Gasteiger partial charge in [-0.05, 0) is 50.8 Å². The molecule has 0 aliphatic carbocycles. The largest absolute Gasteiger partial charge is 0.489 e. The smallest absolute Gasteiger partial charge is 0.229 e. The van der Waals surface area contributed by atoms with Crippen LogP contribution in [0.4, 0.5) is 17.5 Å². The number of piperidine rings is 1. The predicted molar refractivity (Wildman–Crippen MR) is 98.1 cm³/mol. The zero-order chi connectivity index (χ0) is 16.9. The molecule has 0 amide bonds. The Labute approximate surface area is 144 Å². The van der Waals surface area contributed by atoms with Gasteiger partial charge in [0.15, 0.2) is 0 Å². The third kappa shape index (κ3) is 4.16. The number of aromatic nitrogens is 2. The van der Waals surface area contributed by atoms with Gasteiger partial charge in [0.25, 0.3) is 0 Å². The van der Waals surface area contributed by atoms with Crippen molar-refractivity contribution in [2.75, 3.05) is 23.3 Å². The standard InChI is InChI=1S/C19H26N4O/c1-14(2)24-17-9-5-4-8-16(17)21-19-20-11-10-18(22-19)23-12-6-7-15(3)13-23/h4-5,8-11,14-15H,6-7,12-13H2,1-3H3,(H,20,21,22). The number of hydrogen-bond acceptors (Lipinski definition) is 5. The van der Waals surface area contributed by atoms with Gasteiger partial charge in [0, 0.05) is 19.3 Å². The molecule has 2 heterocycles. The normalized spacial score (nSPS) is 17.8. The van der Waals surface area contributed by atoms with E-state index < -0.39 is 0 Å². The second kappa shape index (κ2) is 7.51. The van der Waals surface area contributed by atoms with Crippen molar-refractivity contribution in [1.29, 1.82) is 0 Å². The van der Waals surface area contributed by atoms with E-state index in [1.165, 1.54) is 12.8 Å². The summed E-state index contributed by atoms with van der Waals surface area (Å²) in [4.78, 5) is 11.4. The van der Waals surface area contributed by atoms with E-state index in [9.17, 15) is 0 Å². The van der Waals surface area contributed by atoms with Gasteiger partial charge in [0.05, 0.1) is 11.8 Å². The molecule has 1 atom stereocenters. The zero-order valence-electron chi connectivity index (χ0n) is 14.7. The molecule has 5 nitrogen and oxygen atoms in total. The first-order chi connectivity index (χ1) is 11.6. The minimum absolute atomic E-state index is 0.120. The molecule has 2 aromatic rings. The minimum atomic E-state index is 0.120. The Balaban J connectivity index is 1.78. The first-order valence-corrected chi connectivity index (χ1v) is 8.72. The van der Waals surface area contributed by atoms with Crippen LogP contribution < -0.4 is 15.0 Å². The number of hydrogen-bond donors (Lipinski definition) is 1. The fraction of sp³-hybridized carbons (Fsp3) is 0.474. The SMILES string of the molecule is CC1CCCN(c2ccnc(Nc3ccccc3OC(C)C)n2)C1. The summed E-state index contributed by atoms with van der Waals surface area (Å²) >= 11 is 0. The number of ether oxygens (including phenoxy) is 1. The van der Waals surface area contributed by atoms with Crippen molar-refractivity contribution in [3.05, 3.63) is 36.5 Å². The van der Waals surface area contributed by atoms with E-state index in [0.717, 1.165) is 30.3 Å². The van der Waals surface area contributed by atoms with Crippen molar-refractivity contribution in [3.63, 3.8) is 0 Å². The Kier molecular flexibility index (Phi) is 5.18. The second-order valence-electron chi connectivity index (χ2n) is 6.72. The number of benzene rings is 1. The maximum Gasteiger partial charge on any atom is 0.229 e. The van der Waals surface area contributed by atoms with Crippen LogP contribution in [0, 0.1) is 5.92 Å². The predicted octanol–water partition coefficient (Wildman–Crippen LogP) is 4.24. The van der Waals surface area contributed by atoms with Gasteiger partial charge in [-0.15, -0.1) is 0 Å². The van der Waals surface area contributed by atoms with E-state index in [0.29, 0.717) is 11.9 Å². The highest BCUT2D eigenvalue weighted by molar-refractivity contribution is 5.63. The maximum atomic E-state index is 5.85. The molecule has 1 aromatic heterocycles. The van der Waals surface area contributed by atoms with E-state index in [4.69, 9.17) is 9.72 Å². The summed E-state index contributed by atoms with van der Waals surface area (Å²) in [5, 5.41) is 3.29. The molecule has 3 rings (SSSR count). The van der Waals surface area contributed by atoms with Crippen LogP contribution in [-0.4, -0.2) is 29.2 Å². The fourth-order valence-electron chi connectivity index (χ4n) is 3.03. The van der Waals surface area contributed by atoms with Gasteiger partial charge in [-0.1, -0.05) is 19.1 Å². The van der Waals surface area contributed by atoms with Crippen LogP contribution in [0.15, 0.2) is 36.5 Å². The van der Waals surface area contributed by atoms with Crippen molar-refractivity contribution < 1.29 is 4.74 Å². The lowest BCUT2D eigenvalue weighted by molar-refractivity contribution is 0.244. The molecule has 1 aliphatic heterocycles. The summed E-state index contributed by atoms with van der Waals surface area (Å²) < 4.78 is 5.85. The van der Waals surface area contributed by atoms with Crippen LogP contribution in [0.5, 0.6) is 5.75 Å². The lowest BCUT2D eigenvalue weighted by Crippen LogP contribution is -2.34. The topological polar surface area (TPSA) is 50.3 Å². The van der Waals surface area contributed by atoms with Gasteiger partial charge in [-0.2, -0.15) is 4.98 Å². The van der Waals surface area contributed by atoms with Crippen LogP contribution >= 0.6 is 0 Å². The molecular formula is C19H26N4O. The average Bonchev–Trinajstić information content (AvgIpc) is 2.56. The average molecular weight is 326 g/mol. The molecule has 0 bridgehead atoms. The van der Waals surface area contributed by atoms with Crippen molar-refractivity contribution in [1.82, 2.24) is 9.97 Å². The lowest BCUT2D eigenvalue weighted by Gasteiger charge is -2.31. The van der Waals surface area contributed by atoms with Crippen LogP contribution in [0.2, 0.25) is 0 Å². The monoisotopic (exact) mass is 326 g/mol. The van der Waals surface area contributed by atoms with Gasteiger partial charge in [-0.3, -0.25) is 0 Å². The molecule has 0 spiro atoms. The summed E-state index contributed by atoms with van der Waals surface area (Å²) in [7, 11) is 0. The van der Waals surface area contributed by atoms with E-state index in [1.807, 2.05) is 50.4 Å². The Morgan fingerprint density at radius 2 is 2.08 bits per heavy atom. The highest BCUT2D eigenvalue weighted by atomic mass is 16.5. The third-order valence-electron chi connectivity index (χ3n) is 4.12. The highest BCUT2D eigenvalue weighted by Crippen LogP contribution is 2.28. The molecule has 1 unspecified atom stereocenters. The molecule has 1 N–H and O–H groups in total. The molecule has 1 aromatic carbocycles. The second-order valence-corrected chi connectivity index (χ2v) is 6.72. The maximum absolute atomic E-state index is 5.85. The summed E-state index contributed by atoms with van der Waals surface area (Å²) in [5.41, 5.74) is 0.885. The molecule has 128 valence electrons. The van der Waals surface area contributed by atoms with Gasteiger partial charge < -0.3 is 15.0 Å². The molecule has 1 saturated heterocycles. The summed E-state index contributed by atoms with van der Waals surface area (Å²) in [5.74, 6) is 3.12. The Morgan fingerprint density at radius 1 is 1.25 bits per heavy atom. The third-order valence-corrected chi connectivity index (χ3v) is 4.12. The van der Waals surface area contributed by atoms with Crippen LogP contribution in [0.3, 0.4) is 0 Å². The van der Waals surface area contributed by atoms with E-state index >= 15 is 0 Å². The molecule has 5 heteroatoms. The van der Waals surface area contributed by atoms with E-state index in [-0.39, 0.29) is 6.10 Å². The summed E-state index contributed by atoms with van der Waals surface area (Å²) in [6, 6.07) is 9.87. The van der Waals surface area contributed by atoms with E-state index in [2.05, 4.69) is 22.1 Å². The lowest BCUT2D eigenvalue weighted by atomic mass is 10.0. The van der Waals surface area contributed by atoms with Crippen molar-refractivity contribution in [2.45, 2.75) is 39.7 Å². The molecule has 1 fully saturated rings. The van der Waals surface area contributed by atoms with Gasteiger partial charge in [-0.25, -0.2) is 4.98 Å². The first-order valence-electron chi connectivity index (χ1n) is 8.72. The Hall–Kier alpha value is -2.30. The molecule has 24 heavy (non-hydrogen) atoms. The van der Waals surface area contributed by atoms with Crippen molar-refractivity contribution in [3.8, 4) is 5.75 Å². The summed E-state index contributed by atoms with van der Waals surface area (Å²) in [6.07, 6.45) is 4.46. The quantitative estimate of drug-likeness (QED) is 0.890. The number of rotatable bonds is 5. The zero-order valence-corrected chi connectivity index (χ0v) is 14.7. The molecular weight excluding hydrogens is 300 g/mol. The van der Waals surface area contributed by atoms with Gasteiger partial charge >= 0.3 is 0 Å². The Bertz CT molecular complexity index is 674. The van der Waals surface area contributed by atoms with Crippen molar-refractivity contribution >= 4 is 17.5 Å². The van der Waals surface area contributed by atoms with Gasteiger partial charge in [0.2, 0.25) is 5.95 Å². The van der Waals surface area contributed by atoms with E-state index in [1.54, 1.807) is 0 Å². The van der Waals surface area contributed by atoms with Crippen molar-refractivity contribution in [2.24, 2.45) is 5.92 Å². The Morgan fingerprint density at radius 3 is 2.88 bits per heavy atom. The number of nitrogens with zero attached hydrogens (tertiary/aromatic N) is 3. The van der Waals surface area contributed by atoms with Crippen LogP contribution in [-0.2, 0) is 0 Å². The fourth-order valence-corrected chi connectivity index (χ4v) is 3.03. The summed E-state index contributed by atoms with van der Waals surface area (Å²) in [6.45, 7) is 8.46. The highest BCUT2D eigenvalue weighted by Gasteiger charge is 2.18.